The van der Waals surface area contributed by atoms with E-state index in [9.17, 15) is 14.4 Å². The molecular weight excluding hydrogens is 296 g/mol. The van der Waals surface area contributed by atoms with Crippen LogP contribution in [0.4, 0.5) is 4.79 Å². The highest BCUT2D eigenvalue weighted by Crippen LogP contribution is 2.33. The van der Waals surface area contributed by atoms with Gasteiger partial charge in [-0.3, -0.25) is 9.59 Å². The van der Waals surface area contributed by atoms with Crippen molar-refractivity contribution in [1.82, 2.24) is 10.6 Å². The van der Waals surface area contributed by atoms with Crippen LogP contribution >= 0.6 is 11.8 Å². The molecule has 3 N–H and O–H groups in total. The number of hydrogen-bond donors (Lipinski definition) is 3. The number of carbonyl (C=O) groups is 3. The molecule has 7 nitrogen and oxygen atoms in total. The highest BCUT2D eigenvalue weighted by atomic mass is 32.2. The maximum atomic E-state index is 11.8. The van der Waals surface area contributed by atoms with Gasteiger partial charge in [-0.15, -0.1) is 11.8 Å². The van der Waals surface area contributed by atoms with E-state index in [-0.39, 0.29) is 24.2 Å². The highest BCUT2D eigenvalue weighted by molar-refractivity contribution is 8.02. The summed E-state index contributed by atoms with van der Waals surface area (Å²) in [6.07, 6.45) is 0.541. The molecule has 0 radical (unpaired) electrons. The summed E-state index contributed by atoms with van der Waals surface area (Å²) in [5.74, 6) is -1.06. The van der Waals surface area contributed by atoms with Gasteiger partial charge in [0.1, 0.15) is 10.9 Å². The van der Waals surface area contributed by atoms with Crippen molar-refractivity contribution in [2.75, 3.05) is 13.1 Å². The van der Waals surface area contributed by atoms with Crippen molar-refractivity contribution in [1.29, 1.82) is 0 Å². The zero-order chi connectivity index (χ0) is 16.0. The van der Waals surface area contributed by atoms with Crippen LogP contribution in [0.25, 0.3) is 0 Å². The standard InChI is InChI=1S/C13H22N2O5S/c1-13(2,3)20-12(19)15-7-6-14-10(16)8-4-5-9(21-8)11(17)18/h8-9H,4-7H2,1-3H3,(H,14,16)(H,15,19)(H,17,18)/t8-,9-/m1/s1. The van der Waals surface area contributed by atoms with Gasteiger partial charge in [-0.1, -0.05) is 0 Å². The highest BCUT2D eigenvalue weighted by Gasteiger charge is 2.34. The van der Waals surface area contributed by atoms with Crippen LogP contribution in [0.15, 0.2) is 0 Å². The number of ether oxygens (including phenoxy) is 1. The quantitative estimate of drug-likeness (QED) is 0.653. The number of alkyl carbamates (subject to hydrolysis) is 1. The molecule has 2 amide bonds. The van der Waals surface area contributed by atoms with Crippen molar-refractivity contribution >= 4 is 29.7 Å². The molecule has 0 unspecified atom stereocenters. The number of rotatable bonds is 5. The molecule has 2 atom stereocenters. The Hall–Kier alpha value is -1.44. The minimum absolute atomic E-state index is 0.185. The minimum Gasteiger partial charge on any atom is -0.480 e. The predicted molar refractivity (Wildman–Crippen MR) is 79.3 cm³/mol. The fourth-order valence-electron chi connectivity index (χ4n) is 1.79. The van der Waals surface area contributed by atoms with Gasteiger partial charge in [0.05, 0.1) is 5.25 Å². The number of carboxylic acids is 1. The van der Waals surface area contributed by atoms with E-state index in [0.29, 0.717) is 12.8 Å². The van der Waals surface area contributed by atoms with Crippen molar-refractivity contribution < 1.29 is 24.2 Å². The summed E-state index contributed by atoms with van der Waals surface area (Å²) < 4.78 is 5.05. The molecule has 1 rings (SSSR count). The van der Waals surface area contributed by atoms with Crippen molar-refractivity contribution in [3.63, 3.8) is 0 Å². The van der Waals surface area contributed by atoms with Crippen molar-refractivity contribution in [2.45, 2.75) is 49.7 Å². The molecule has 0 saturated carbocycles. The third kappa shape index (κ3) is 6.70. The smallest absolute Gasteiger partial charge is 0.407 e. The summed E-state index contributed by atoms with van der Waals surface area (Å²) in [7, 11) is 0. The zero-order valence-electron chi connectivity index (χ0n) is 12.5. The fourth-order valence-corrected chi connectivity index (χ4v) is 3.05. The van der Waals surface area contributed by atoms with Gasteiger partial charge in [-0.05, 0) is 33.6 Å². The van der Waals surface area contributed by atoms with Crippen LogP contribution in [-0.4, -0.2) is 52.3 Å². The molecule has 1 saturated heterocycles. The second-order valence-electron chi connectivity index (χ2n) is 5.75. The Morgan fingerprint density at radius 2 is 1.71 bits per heavy atom. The number of hydrogen-bond acceptors (Lipinski definition) is 5. The molecule has 0 aromatic carbocycles. The number of carboxylic acid groups (broad SMARTS) is 1. The van der Waals surface area contributed by atoms with Crippen LogP contribution in [-0.2, 0) is 14.3 Å². The van der Waals surface area contributed by atoms with Gasteiger partial charge < -0.3 is 20.5 Å². The molecule has 1 aliphatic rings. The second kappa shape index (κ2) is 7.53. The topological polar surface area (TPSA) is 105 Å². The minimum atomic E-state index is -0.873. The van der Waals surface area contributed by atoms with E-state index in [4.69, 9.17) is 9.84 Å². The van der Waals surface area contributed by atoms with E-state index in [1.165, 1.54) is 11.8 Å². The third-order valence-electron chi connectivity index (χ3n) is 2.68. The molecule has 0 aliphatic carbocycles. The molecule has 0 aromatic heterocycles. The van der Waals surface area contributed by atoms with Crippen LogP contribution < -0.4 is 10.6 Å². The molecule has 8 heteroatoms. The lowest BCUT2D eigenvalue weighted by Crippen LogP contribution is -2.40. The predicted octanol–water partition coefficient (Wildman–Crippen LogP) is 0.976. The SMILES string of the molecule is CC(C)(C)OC(=O)NCCNC(=O)[C@H]1CC[C@H](C(=O)O)S1. The Balaban J connectivity index is 2.17. The first-order valence-electron chi connectivity index (χ1n) is 6.82. The maximum absolute atomic E-state index is 11.8. The first-order valence-corrected chi connectivity index (χ1v) is 7.76. The molecule has 1 heterocycles. The van der Waals surface area contributed by atoms with Gasteiger partial charge >= 0.3 is 12.1 Å². The zero-order valence-corrected chi connectivity index (χ0v) is 13.3. The monoisotopic (exact) mass is 318 g/mol. The molecule has 21 heavy (non-hydrogen) atoms. The molecule has 1 fully saturated rings. The number of thioether (sulfide) groups is 1. The first-order chi connectivity index (χ1) is 9.69. The second-order valence-corrected chi connectivity index (χ2v) is 7.16. The Morgan fingerprint density at radius 1 is 1.14 bits per heavy atom. The average molecular weight is 318 g/mol. The van der Waals surface area contributed by atoms with Crippen LogP contribution in [0.5, 0.6) is 0 Å². The van der Waals surface area contributed by atoms with E-state index in [0.717, 1.165) is 0 Å². The molecule has 0 spiro atoms. The summed E-state index contributed by atoms with van der Waals surface area (Å²) in [5.41, 5.74) is -0.556. The van der Waals surface area contributed by atoms with Crippen LogP contribution in [0.1, 0.15) is 33.6 Å². The number of carbonyl (C=O) groups excluding carboxylic acids is 2. The summed E-state index contributed by atoms with van der Waals surface area (Å²) in [4.78, 5) is 34.0. The summed E-state index contributed by atoms with van der Waals surface area (Å²) >= 11 is 1.18. The van der Waals surface area contributed by atoms with Gasteiger partial charge in [0.2, 0.25) is 5.91 Å². The molecule has 1 aliphatic heterocycles. The lowest BCUT2D eigenvalue weighted by molar-refractivity contribution is -0.136. The summed E-state index contributed by atoms with van der Waals surface area (Å²) in [6.45, 7) is 5.85. The summed E-state index contributed by atoms with van der Waals surface area (Å²) in [6, 6.07) is 0. The van der Waals surface area contributed by atoms with E-state index >= 15 is 0 Å². The van der Waals surface area contributed by atoms with Gasteiger partial charge in [0, 0.05) is 13.1 Å². The van der Waals surface area contributed by atoms with Crippen LogP contribution in [0, 0.1) is 0 Å². The van der Waals surface area contributed by atoms with Gasteiger partial charge in [0.25, 0.3) is 0 Å². The summed E-state index contributed by atoms with van der Waals surface area (Å²) in [5, 5.41) is 13.3. The Morgan fingerprint density at radius 3 is 2.24 bits per heavy atom. The van der Waals surface area contributed by atoms with E-state index in [2.05, 4.69) is 10.6 Å². The lowest BCUT2D eigenvalue weighted by atomic mass is 10.2. The van der Waals surface area contributed by atoms with Gasteiger partial charge in [-0.25, -0.2) is 4.79 Å². The van der Waals surface area contributed by atoms with Crippen molar-refractivity contribution in [3.8, 4) is 0 Å². The van der Waals surface area contributed by atoms with E-state index in [1.54, 1.807) is 20.8 Å². The third-order valence-corrected chi connectivity index (χ3v) is 4.22. The Kier molecular flexibility index (Phi) is 6.32. The number of amides is 2. The van der Waals surface area contributed by atoms with Crippen molar-refractivity contribution in [3.05, 3.63) is 0 Å². The largest absolute Gasteiger partial charge is 0.480 e. The Bertz CT molecular complexity index is 408. The number of aliphatic carboxylic acids is 1. The van der Waals surface area contributed by atoms with Crippen LogP contribution in [0.2, 0.25) is 0 Å². The molecule has 120 valence electrons. The van der Waals surface area contributed by atoms with E-state index < -0.39 is 22.9 Å². The first kappa shape index (κ1) is 17.6. The normalized spacial score (nSPS) is 21.7. The lowest BCUT2D eigenvalue weighted by Gasteiger charge is -2.19. The number of nitrogens with one attached hydrogen (secondary N) is 2. The van der Waals surface area contributed by atoms with Gasteiger partial charge in [-0.2, -0.15) is 0 Å². The van der Waals surface area contributed by atoms with Gasteiger partial charge in [0.15, 0.2) is 0 Å². The van der Waals surface area contributed by atoms with Crippen molar-refractivity contribution in [2.24, 2.45) is 0 Å². The average Bonchev–Trinajstić information content (AvgIpc) is 2.81. The Labute approximate surface area is 128 Å². The van der Waals surface area contributed by atoms with E-state index in [1.807, 2.05) is 0 Å². The molecular formula is C13H22N2O5S. The maximum Gasteiger partial charge on any atom is 0.407 e. The fraction of sp³-hybridized carbons (Fsp3) is 0.769. The van der Waals surface area contributed by atoms with Crippen LogP contribution in [0.3, 0.4) is 0 Å². The molecule has 0 aromatic rings. The molecule has 0 bridgehead atoms.